The van der Waals surface area contributed by atoms with Crippen LogP contribution in [0.25, 0.3) is 44.3 Å². The summed E-state index contributed by atoms with van der Waals surface area (Å²) in [6.07, 6.45) is 12.7. The lowest BCUT2D eigenvalue weighted by Crippen LogP contribution is -2.43. The fourth-order valence-electron chi connectivity index (χ4n) is 11.2. The number of ether oxygens (including phenoxy) is 3. The second-order valence-corrected chi connectivity index (χ2v) is 18.7. The number of hydrogen-bond acceptors (Lipinski definition) is 7. The molecule has 2 aliphatic carbocycles. The first-order chi connectivity index (χ1) is 32.8. The van der Waals surface area contributed by atoms with Gasteiger partial charge >= 0.3 is 5.97 Å². The van der Waals surface area contributed by atoms with Gasteiger partial charge in [-0.2, -0.15) is 0 Å². The molecule has 0 saturated heterocycles. The summed E-state index contributed by atoms with van der Waals surface area (Å²) in [5.74, 6) is 2.15. The number of fused-ring (bicyclic) bond motifs is 10. The van der Waals surface area contributed by atoms with Crippen LogP contribution in [0.15, 0.2) is 109 Å². The lowest BCUT2D eigenvalue weighted by Gasteiger charge is -2.23. The van der Waals surface area contributed by atoms with Gasteiger partial charge in [-0.3, -0.25) is 9.59 Å². The molecule has 2 fully saturated rings. The van der Waals surface area contributed by atoms with E-state index in [0.717, 1.165) is 58.6 Å². The minimum absolute atomic E-state index is 0.141. The van der Waals surface area contributed by atoms with Crippen LogP contribution in [-0.2, 0) is 29.0 Å². The monoisotopic (exact) mass is 917 g/mol. The maximum Gasteiger partial charge on any atom is 0.328 e. The Balaban J connectivity index is 0.000000169. The van der Waals surface area contributed by atoms with Crippen molar-refractivity contribution < 1.29 is 33.7 Å². The Labute approximate surface area is 395 Å². The maximum absolute atomic E-state index is 13.5. The summed E-state index contributed by atoms with van der Waals surface area (Å²) < 4.78 is 21.8. The summed E-state index contributed by atoms with van der Waals surface area (Å²) in [6, 6.07) is 34.1. The van der Waals surface area contributed by atoms with Gasteiger partial charge in [-0.1, -0.05) is 87.1 Å². The largest absolute Gasteiger partial charge is 0.508 e. The van der Waals surface area contributed by atoms with Crippen molar-refractivity contribution in [2.24, 2.45) is 0 Å². The Bertz CT molecular complexity index is 2980. The first kappa shape index (κ1) is 44.3. The number of aromatic nitrogens is 2. The molecule has 1 amide bonds. The highest BCUT2D eigenvalue weighted by Gasteiger charge is 2.32. The summed E-state index contributed by atoms with van der Waals surface area (Å²) in [4.78, 5) is 37.9. The molecule has 11 heteroatoms. The lowest BCUT2D eigenvalue weighted by molar-refractivity contribution is -0.142. The van der Waals surface area contributed by atoms with E-state index >= 15 is 0 Å². The zero-order valence-corrected chi connectivity index (χ0v) is 38.7. The SMILES string of the molecule is COC(=O)[C@H](Cc1ccc(O)cc1)NC(=O)c1ccc2c(C3CCCCC3)c3n(c2c1)CCOc1ccccc1-3.O=C(Cl)c1ccc2c(C3CCCCC3)c3n(c2c1)CCOc1ccccc1-3. The predicted octanol–water partition coefficient (Wildman–Crippen LogP) is 12.1. The number of carbonyl (C=O) groups is 3. The Morgan fingerprint density at radius 1 is 0.672 bits per heavy atom. The molecule has 0 spiro atoms. The number of carbonyl (C=O) groups excluding carboxylic acids is 3. The number of esters is 1. The number of para-hydroxylation sites is 2. The van der Waals surface area contributed by atoms with Crippen molar-refractivity contribution in [2.45, 2.75) is 102 Å². The van der Waals surface area contributed by atoms with Crippen molar-refractivity contribution in [3.63, 3.8) is 0 Å². The quantitative estimate of drug-likeness (QED) is 0.115. The zero-order chi connectivity index (χ0) is 46.0. The molecule has 0 radical (unpaired) electrons. The van der Waals surface area contributed by atoms with Gasteiger partial charge in [0, 0.05) is 50.5 Å². The first-order valence-corrected chi connectivity index (χ1v) is 24.3. The Morgan fingerprint density at radius 3 is 1.67 bits per heavy atom. The summed E-state index contributed by atoms with van der Waals surface area (Å²) in [5.41, 5.74) is 11.5. The van der Waals surface area contributed by atoms with E-state index in [9.17, 15) is 19.5 Å². The minimum atomic E-state index is -0.861. The van der Waals surface area contributed by atoms with Crippen LogP contribution in [0.2, 0.25) is 0 Å². The van der Waals surface area contributed by atoms with Crippen LogP contribution in [0.1, 0.15) is 113 Å². The van der Waals surface area contributed by atoms with E-state index in [-0.39, 0.29) is 18.1 Å². The van der Waals surface area contributed by atoms with E-state index in [2.05, 4.69) is 56.9 Å². The van der Waals surface area contributed by atoms with E-state index in [1.807, 2.05) is 42.5 Å². The number of benzene rings is 5. The van der Waals surface area contributed by atoms with Gasteiger partial charge < -0.3 is 33.8 Å². The van der Waals surface area contributed by atoms with Crippen molar-refractivity contribution in [3.8, 4) is 39.8 Å². The number of rotatable bonds is 8. The first-order valence-electron chi connectivity index (χ1n) is 23.9. The molecular formula is C56H56ClN3O7. The molecule has 5 aromatic carbocycles. The lowest BCUT2D eigenvalue weighted by atomic mass is 9.81. The molecule has 2 saturated carbocycles. The number of phenols is 1. The van der Waals surface area contributed by atoms with Gasteiger partial charge in [-0.25, -0.2) is 4.79 Å². The van der Waals surface area contributed by atoms with E-state index in [1.54, 1.807) is 24.3 Å². The van der Waals surface area contributed by atoms with E-state index in [1.165, 1.54) is 91.8 Å². The van der Waals surface area contributed by atoms with Gasteiger partial charge in [0.2, 0.25) is 0 Å². The highest BCUT2D eigenvalue weighted by molar-refractivity contribution is 6.67. The summed E-state index contributed by atoms with van der Waals surface area (Å²) >= 11 is 5.78. The van der Waals surface area contributed by atoms with E-state index in [4.69, 9.17) is 25.8 Å². The number of methoxy groups -OCH3 is 1. The van der Waals surface area contributed by atoms with Crippen molar-refractivity contribution in [2.75, 3.05) is 20.3 Å². The average Bonchev–Trinajstić information content (AvgIpc) is 3.69. The second-order valence-electron chi connectivity index (χ2n) is 18.3. The number of phenolic OH excluding ortho intramolecular Hbond substituents is 1. The van der Waals surface area contributed by atoms with Gasteiger partial charge in [0.15, 0.2) is 0 Å². The molecule has 11 rings (SSSR count). The molecule has 10 nitrogen and oxygen atoms in total. The zero-order valence-electron chi connectivity index (χ0n) is 37.9. The van der Waals surface area contributed by atoms with Gasteiger partial charge in [-0.15, -0.1) is 0 Å². The third-order valence-electron chi connectivity index (χ3n) is 14.3. The number of hydrogen-bond donors (Lipinski definition) is 2. The fourth-order valence-corrected chi connectivity index (χ4v) is 11.3. The number of amides is 1. The molecular weight excluding hydrogens is 862 g/mol. The van der Waals surface area contributed by atoms with Gasteiger partial charge in [0.1, 0.15) is 36.5 Å². The standard InChI is InChI=1S/C33H34N2O5.C23H22ClNO2/c1-39-33(38)27(19-21-11-14-24(36)15-12-21)34-32(37)23-13-16-25-28(20-23)35-17-18-40-29-10-6-5-9-26(29)31(35)30(25)22-7-3-2-4-8-22;24-23(26)16-10-11-17-19(14-16)25-12-13-27-20-9-5-4-8-18(20)22(25)21(17)15-6-2-1-3-7-15/h5-6,9-16,20,22,27,36H,2-4,7-8,17-19H2,1H3,(H,34,37);4-5,8-11,14-15H,1-3,6-7,12-13H2/t27-;/m0./s1. The third-order valence-corrected chi connectivity index (χ3v) is 14.5. The smallest absolute Gasteiger partial charge is 0.328 e. The van der Waals surface area contributed by atoms with Crippen LogP contribution in [0.5, 0.6) is 17.2 Å². The number of halogens is 1. The Morgan fingerprint density at radius 2 is 1.16 bits per heavy atom. The maximum atomic E-state index is 13.5. The highest BCUT2D eigenvalue weighted by Crippen LogP contribution is 2.49. The molecule has 4 heterocycles. The van der Waals surface area contributed by atoms with Gasteiger partial charge in [-0.05, 0) is 126 Å². The molecule has 1 atom stereocenters. The third kappa shape index (κ3) is 8.80. The molecule has 67 heavy (non-hydrogen) atoms. The average molecular weight is 919 g/mol. The van der Waals surface area contributed by atoms with Crippen LogP contribution < -0.4 is 14.8 Å². The van der Waals surface area contributed by atoms with Crippen LogP contribution in [-0.4, -0.2) is 57.7 Å². The molecule has 344 valence electrons. The van der Waals surface area contributed by atoms with Crippen LogP contribution in [0.3, 0.4) is 0 Å². The van der Waals surface area contributed by atoms with Gasteiger partial charge in [0.25, 0.3) is 11.1 Å². The summed E-state index contributed by atoms with van der Waals surface area (Å²) in [5, 5.41) is 14.5. The van der Waals surface area contributed by atoms with Crippen molar-refractivity contribution in [3.05, 3.63) is 137 Å². The van der Waals surface area contributed by atoms with Crippen molar-refractivity contribution in [1.29, 1.82) is 0 Å². The van der Waals surface area contributed by atoms with Crippen LogP contribution in [0.4, 0.5) is 0 Å². The predicted molar refractivity (Wildman–Crippen MR) is 263 cm³/mol. The topological polar surface area (TPSA) is 121 Å². The molecule has 2 aromatic heterocycles. The van der Waals surface area contributed by atoms with Crippen LogP contribution >= 0.6 is 11.6 Å². The fraction of sp³-hybridized carbons (Fsp3) is 0.339. The molecule has 0 unspecified atom stereocenters. The molecule has 0 bridgehead atoms. The van der Waals surface area contributed by atoms with Crippen molar-refractivity contribution >= 4 is 50.5 Å². The molecule has 7 aromatic rings. The van der Waals surface area contributed by atoms with Crippen molar-refractivity contribution in [1.82, 2.24) is 14.5 Å². The number of nitrogens with one attached hydrogen (secondary N) is 1. The van der Waals surface area contributed by atoms with Gasteiger partial charge in [0.05, 0.1) is 31.6 Å². The Kier molecular flexibility index (Phi) is 12.8. The van der Waals surface area contributed by atoms with E-state index in [0.29, 0.717) is 42.7 Å². The van der Waals surface area contributed by atoms with Crippen LogP contribution in [0, 0.1) is 0 Å². The second kappa shape index (κ2) is 19.4. The van der Waals surface area contributed by atoms with E-state index < -0.39 is 17.3 Å². The summed E-state index contributed by atoms with van der Waals surface area (Å²) in [7, 11) is 1.31. The Hall–Kier alpha value is -6.52. The highest BCUT2D eigenvalue weighted by atomic mass is 35.5. The molecule has 2 aliphatic heterocycles. The normalized spacial score (nSPS) is 16.3. The minimum Gasteiger partial charge on any atom is -0.508 e. The molecule has 2 N–H and O–H groups in total. The molecule has 4 aliphatic rings. The number of nitrogens with zero attached hydrogens (tertiary/aromatic N) is 2. The summed E-state index contributed by atoms with van der Waals surface area (Å²) in [6.45, 7) is 2.62. The number of aromatic hydroxyl groups is 1.